The molecule has 0 atom stereocenters. The Kier molecular flexibility index (Phi) is 6.45. The zero-order chi connectivity index (χ0) is 20.1. The molecule has 0 aromatic heterocycles. The molecule has 0 fully saturated rings. The Hall–Kier alpha value is -2.69. The number of hydrogen-bond acceptors (Lipinski definition) is 3. The lowest BCUT2D eigenvalue weighted by molar-refractivity contribution is 0.0696. The highest BCUT2D eigenvalue weighted by molar-refractivity contribution is 6.30. The van der Waals surface area contributed by atoms with E-state index >= 15 is 0 Å². The average molecular weight is 416 g/mol. The number of ether oxygens (including phenoxy) is 1. The van der Waals surface area contributed by atoms with Crippen LogP contribution in [0, 0.1) is 6.92 Å². The van der Waals surface area contributed by atoms with Crippen LogP contribution in [0.3, 0.4) is 0 Å². The second-order valence-electron chi connectivity index (χ2n) is 6.30. The van der Waals surface area contributed by atoms with Gasteiger partial charge >= 0.3 is 5.97 Å². The molecule has 0 saturated carbocycles. The molecule has 0 aliphatic heterocycles. The van der Waals surface area contributed by atoms with E-state index in [0.29, 0.717) is 34.5 Å². The Balaban J connectivity index is 1.75. The predicted molar refractivity (Wildman–Crippen MR) is 113 cm³/mol. The quantitative estimate of drug-likeness (QED) is 0.482. The van der Waals surface area contributed by atoms with E-state index < -0.39 is 5.97 Å². The highest BCUT2D eigenvalue weighted by atomic mass is 35.5. The molecule has 0 amide bonds. The Morgan fingerprint density at radius 1 is 1.04 bits per heavy atom. The lowest BCUT2D eigenvalue weighted by Gasteiger charge is -2.15. The van der Waals surface area contributed by atoms with Crippen LogP contribution in [0.15, 0.2) is 60.7 Å². The summed E-state index contributed by atoms with van der Waals surface area (Å²) in [6, 6.07) is 18.1. The van der Waals surface area contributed by atoms with E-state index in [2.05, 4.69) is 5.32 Å². The molecule has 3 rings (SSSR count). The Morgan fingerprint density at radius 3 is 2.46 bits per heavy atom. The topological polar surface area (TPSA) is 58.6 Å². The van der Waals surface area contributed by atoms with Crippen molar-refractivity contribution in [1.82, 2.24) is 0 Å². The first kappa shape index (κ1) is 20.1. The van der Waals surface area contributed by atoms with Gasteiger partial charge in [0.25, 0.3) is 0 Å². The van der Waals surface area contributed by atoms with Gasteiger partial charge in [-0.3, -0.25) is 0 Å². The maximum Gasteiger partial charge on any atom is 0.336 e. The molecule has 0 bridgehead atoms. The van der Waals surface area contributed by atoms with Crippen LogP contribution in [-0.2, 0) is 13.2 Å². The summed E-state index contributed by atoms with van der Waals surface area (Å²) in [5, 5.41) is 13.8. The number of aromatic carboxylic acids is 1. The number of carbonyl (C=O) groups is 1. The molecule has 0 heterocycles. The molecule has 4 nitrogen and oxygen atoms in total. The van der Waals surface area contributed by atoms with Gasteiger partial charge in [0.05, 0.1) is 5.56 Å². The summed E-state index contributed by atoms with van der Waals surface area (Å²) >= 11 is 12.1. The van der Waals surface area contributed by atoms with Crippen molar-refractivity contribution < 1.29 is 14.6 Å². The molecular formula is C22H19Cl2NO3. The van der Waals surface area contributed by atoms with Crippen LogP contribution in [-0.4, -0.2) is 11.1 Å². The van der Waals surface area contributed by atoms with E-state index in [4.69, 9.17) is 27.9 Å². The maximum absolute atomic E-state index is 11.3. The third-order valence-electron chi connectivity index (χ3n) is 4.36. The summed E-state index contributed by atoms with van der Waals surface area (Å²) in [5.41, 5.74) is 3.59. The molecule has 0 radical (unpaired) electrons. The molecule has 3 aromatic rings. The monoisotopic (exact) mass is 415 g/mol. The highest BCUT2D eigenvalue weighted by Crippen LogP contribution is 2.26. The van der Waals surface area contributed by atoms with Gasteiger partial charge in [0.2, 0.25) is 0 Å². The highest BCUT2D eigenvalue weighted by Gasteiger charge is 2.11. The van der Waals surface area contributed by atoms with Gasteiger partial charge in [-0.2, -0.15) is 0 Å². The first-order valence-electron chi connectivity index (χ1n) is 8.66. The number of halogens is 2. The fourth-order valence-corrected chi connectivity index (χ4v) is 3.14. The molecule has 28 heavy (non-hydrogen) atoms. The minimum atomic E-state index is -0.948. The smallest absolute Gasteiger partial charge is 0.336 e. The lowest BCUT2D eigenvalue weighted by Crippen LogP contribution is -2.07. The average Bonchev–Trinajstić information content (AvgIpc) is 2.67. The lowest BCUT2D eigenvalue weighted by atomic mass is 10.1. The minimum Gasteiger partial charge on any atom is -0.489 e. The molecule has 0 aliphatic carbocycles. The van der Waals surface area contributed by atoms with Crippen LogP contribution in [0.2, 0.25) is 10.0 Å². The van der Waals surface area contributed by atoms with Gasteiger partial charge in [0, 0.05) is 27.8 Å². The van der Waals surface area contributed by atoms with Crippen molar-refractivity contribution in [3.63, 3.8) is 0 Å². The first-order valence-corrected chi connectivity index (χ1v) is 9.42. The first-order chi connectivity index (χ1) is 13.4. The SMILES string of the molecule is Cc1c(NCc2cc(Cl)ccc2OCc2ccc(Cl)cc2)cccc1C(=O)O. The normalized spacial score (nSPS) is 10.5. The van der Waals surface area contributed by atoms with Gasteiger partial charge in [0.15, 0.2) is 0 Å². The third kappa shape index (κ3) is 4.97. The van der Waals surface area contributed by atoms with Gasteiger partial charge < -0.3 is 15.2 Å². The van der Waals surface area contributed by atoms with E-state index in [-0.39, 0.29) is 5.56 Å². The molecular weight excluding hydrogens is 397 g/mol. The van der Waals surface area contributed by atoms with E-state index in [0.717, 1.165) is 16.8 Å². The molecule has 2 N–H and O–H groups in total. The zero-order valence-electron chi connectivity index (χ0n) is 15.2. The van der Waals surface area contributed by atoms with Crippen molar-refractivity contribution in [3.05, 3.63) is 93.0 Å². The summed E-state index contributed by atoms with van der Waals surface area (Å²) in [5.74, 6) is -0.241. The predicted octanol–water partition coefficient (Wildman–Crippen LogP) is 6.19. The Bertz CT molecular complexity index is 988. The van der Waals surface area contributed by atoms with Crippen molar-refractivity contribution in [3.8, 4) is 5.75 Å². The summed E-state index contributed by atoms with van der Waals surface area (Å²) in [6.45, 7) is 2.63. The van der Waals surface area contributed by atoms with Crippen LogP contribution in [0.5, 0.6) is 5.75 Å². The minimum absolute atomic E-state index is 0.273. The van der Waals surface area contributed by atoms with Crippen LogP contribution in [0.1, 0.15) is 27.0 Å². The van der Waals surface area contributed by atoms with E-state index in [1.165, 1.54) is 0 Å². The molecule has 0 unspecified atom stereocenters. The second-order valence-corrected chi connectivity index (χ2v) is 7.18. The van der Waals surface area contributed by atoms with Crippen LogP contribution in [0.25, 0.3) is 0 Å². The van der Waals surface area contributed by atoms with Crippen LogP contribution in [0.4, 0.5) is 5.69 Å². The van der Waals surface area contributed by atoms with Crippen LogP contribution >= 0.6 is 23.2 Å². The number of carboxylic acid groups (broad SMARTS) is 1. The number of rotatable bonds is 7. The van der Waals surface area contributed by atoms with Crippen molar-refractivity contribution in [1.29, 1.82) is 0 Å². The van der Waals surface area contributed by atoms with Crippen molar-refractivity contribution >= 4 is 34.9 Å². The molecule has 0 spiro atoms. The third-order valence-corrected chi connectivity index (χ3v) is 4.85. The molecule has 6 heteroatoms. The zero-order valence-corrected chi connectivity index (χ0v) is 16.7. The van der Waals surface area contributed by atoms with Gasteiger partial charge in [-0.15, -0.1) is 0 Å². The summed E-state index contributed by atoms with van der Waals surface area (Å²) < 4.78 is 5.96. The van der Waals surface area contributed by atoms with E-state index in [1.54, 1.807) is 25.1 Å². The number of benzene rings is 3. The van der Waals surface area contributed by atoms with E-state index in [1.807, 2.05) is 42.5 Å². The van der Waals surface area contributed by atoms with Crippen molar-refractivity contribution in [2.45, 2.75) is 20.1 Å². The van der Waals surface area contributed by atoms with Gasteiger partial charge in [-0.25, -0.2) is 4.79 Å². The number of carboxylic acids is 1. The molecule has 0 aliphatic rings. The van der Waals surface area contributed by atoms with Crippen molar-refractivity contribution in [2.75, 3.05) is 5.32 Å². The fourth-order valence-electron chi connectivity index (χ4n) is 2.82. The Morgan fingerprint density at radius 2 is 1.75 bits per heavy atom. The molecule has 0 saturated heterocycles. The second kappa shape index (κ2) is 9.00. The standard InChI is InChI=1S/C22H19Cl2NO3/c1-14-19(22(26)27)3-2-4-20(14)25-12-16-11-18(24)9-10-21(16)28-13-15-5-7-17(23)8-6-15/h2-11,25H,12-13H2,1H3,(H,26,27). The maximum atomic E-state index is 11.3. The van der Waals surface area contributed by atoms with Gasteiger partial charge in [-0.1, -0.05) is 41.4 Å². The summed E-state index contributed by atoms with van der Waals surface area (Å²) in [4.78, 5) is 11.3. The molecule has 3 aromatic carbocycles. The largest absolute Gasteiger partial charge is 0.489 e. The van der Waals surface area contributed by atoms with Gasteiger partial charge in [-0.05, 0) is 60.5 Å². The van der Waals surface area contributed by atoms with E-state index in [9.17, 15) is 9.90 Å². The fraction of sp³-hybridized carbons (Fsp3) is 0.136. The summed E-state index contributed by atoms with van der Waals surface area (Å²) in [7, 11) is 0. The molecule has 144 valence electrons. The van der Waals surface area contributed by atoms with Gasteiger partial charge in [0.1, 0.15) is 12.4 Å². The number of anilines is 1. The summed E-state index contributed by atoms with van der Waals surface area (Å²) in [6.07, 6.45) is 0. The van der Waals surface area contributed by atoms with Crippen molar-refractivity contribution in [2.24, 2.45) is 0 Å². The number of hydrogen-bond donors (Lipinski definition) is 2. The van der Waals surface area contributed by atoms with Crippen LogP contribution < -0.4 is 10.1 Å². The number of nitrogens with one attached hydrogen (secondary N) is 1. The Labute approximate surface area is 173 Å².